The maximum Gasteiger partial charge on any atom is 0.119 e. The Morgan fingerprint density at radius 1 is 1.00 bits per heavy atom. The highest BCUT2D eigenvalue weighted by Crippen LogP contribution is 2.31. The summed E-state index contributed by atoms with van der Waals surface area (Å²) in [6.45, 7) is 4.67. The monoisotopic (exact) mass is 218 g/mol. The molecule has 0 aromatic heterocycles. The summed E-state index contributed by atoms with van der Waals surface area (Å²) >= 11 is 0. The first-order valence-corrected chi connectivity index (χ1v) is 6.47. The van der Waals surface area contributed by atoms with Crippen LogP contribution >= 0.6 is 0 Å². The van der Waals surface area contributed by atoms with Gasteiger partial charge in [-0.1, -0.05) is 32.0 Å². The van der Waals surface area contributed by atoms with E-state index in [1.807, 2.05) is 18.2 Å². The summed E-state index contributed by atoms with van der Waals surface area (Å²) in [6.07, 6.45) is 5.54. The molecule has 0 atom stereocenters. The molecule has 0 unspecified atom stereocenters. The number of hydrogen-bond acceptors (Lipinski definition) is 1. The Morgan fingerprint density at radius 3 is 2.19 bits per heavy atom. The normalized spacial score (nSPS) is 25.7. The molecule has 2 rings (SSSR count). The molecule has 0 heterocycles. The molecule has 1 aromatic rings. The van der Waals surface area contributed by atoms with Gasteiger partial charge in [-0.25, -0.2) is 0 Å². The second-order valence-corrected chi connectivity index (χ2v) is 5.21. The van der Waals surface area contributed by atoms with E-state index in [2.05, 4.69) is 26.0 Å². The average molecular weight is 218 g/mol. The number of hydrogen-bond donors (Lipinski definition) is 0. The van der Waals surface area contributed by atoms with Crippen LogP contribution in [0.1, 0.15) is 39.5 Å². The van der Waals surface area contributed by atoms with Crippen molar-refractivity contribution >= 4 is 0 Å². The van der Waals surface area contributed by atoms with E-state index in [-0.39, 0.29) is 0 Å². The van der Waals surface area contributed by atoms with Gasteiger partial charge in [-0.2, -0.15) is 0 Å². The molecule has 0 bridgehead atoms. The minimum absolute atomic E-state index is 0.442. The molecule has 1 aliphatic rings. The molecule has 1 aliphatic carbocycles. The predicted octanol–water partition coefficient (Wildman–Crippen LogP) is 4.28. The fourth-order valence-corrected chi connectivity index (χ4v) is 2.56. The van der Waals surface area contributed by atoms with Gasteiger partial charge in [0.15, 0.2) is 0 Å². The third kappa shape index (κ3) is 3.01. The van der Waals surface area contributed by atoms with E-state index < -0.39 is 0 Å². The minimum Gasteiger partial charge on any atom is -0.490 e. The highest BCUT2D eigenvalue weighted by Gasteiger charge is 2.24. The van der Waals surface area contributed by atoms with Gasteiger partial charge >= 0.3 is 0 Å². The summed E-state index contributed by atoms with van der Waals surface area (Å²) in [5, 5.41) is 0. The molecule has 1 fully saturated rings. The summed E-state index contributed by atoms with van der Waals surface area (Å²) in [7, 11) is 0. The fraction of sp³-hybridized carbons (Fsp3) is 0.600. The van der Waals surface area contributed by atoms with Gasteiger partial charge in [0, 0.05) is 0 Å². The SMILES string of the molecule is CC(C)[C@H]1CC[C@H](Oc2ccccc2)CC1. The van der Waals surface area contributed by atoms with E-state index in [1.54, 1.807) is 0 Å². The van der Waals surface area contributed by atoms with Crippen LogP contribution in [0.25, 0.3) is 0 Å². The van der Waals surface area contributed by atoms with Crippen molar-refractivity contribution in [1.82, 2.24) is 0 Å². The van der Waals surface area contributed by atoms with Crippen LogP contribution in [-0.4, -0.2) is 6.10 Å². The van der Waals surface area contributed by atoms with Gasteiger partial charge in [0.1, 0.15) is 5.75 Å². The Kier molecular flexibility index (Phi) is 3.87. The second kappa shape index (κ2) is 5.38. The number of benzene rings is 1. The van der Waals surface area contributed by atoms with Crippen molar-refractivity contribution in [2.75, 3.05) is 0 Å². The Bertz CT molecular complexity index is 296. The average Bonchev–Trinajstić information content (AvgIpc) is 2.31. The highest BCUT2D eigenvalue weighted by atomic mass is 16.5. The molecule has 0 saturated heterocycles. The lowest BCUT2D eigenvalue weighted by Gasteiger charge is -2.31. The van der Waals surface area contributed by atoms with E-state index >= 15 is 0 Å². The van der Waals surface area contributed by atoms with Crippen LogP contribution in [0.5, 0.6) is 5.75 Å². The fourth-order valence-electron chi connectivity index (χ4n) is 2.56. The van der Waals surface area contributed by atoms with Crippen molar-refractivity contribution in [2.24, 2.45) is 11.8 Å². The second-order valence-electron chi connectivity index (χ2n) is 5.21. The predicted molar refractivity (Wildman–Crippen MR) is 67.7 cm³/mol. The van der Waals surface area contributed by atoms with Crippen molar-refractivity contribution in [3.8, 4) is 5.75 Å². The van der Waals surface area contributed by atoms with Crippen molar-refractivity contribution in [2.45, 2.75) is 45.6 Å². The summed E-state index contributed by atoms with van der Waals surface area (Å²) in [5.74, 6) is 2.77. The van der Waals surface area contributed by atoms with Crippen LogP contribution in [0.15, 0.2) is 30.3 Å². The lowest BCUT2D eigenvalue weighted by molar-refractivity contribution is 0.117. The Morgan fingerprint density at radius 2 is 1.62 bits per heavy atom. The van der Waals surface area contributed by atoms with E-state index in [0.717, 1.165) is 17.6 Å². The minimum atomic E-state index is 0.442. The number of ether oxygens (including phenoxy) is 1. The van der Waals surface area contributed by atoms with Crippen LogP contribution in [0, 0.1) is 11.8 Å². The zero-order valence-corrected chi connectivity index (χ0v) is 10.4. The van der Waals surface area contributed by atoms with Crippen LogP contribution in [-0.2, 0) is 0 Å². The maximum atomic E-state index is 5.98. The molecule has 88 valence electrons. The lowest BCUT2D eigenvalue weighted by atomic mass is 9.80. The van der Waals surface area contributed by atoms with Crippen molar-refractivity contribution in [3.05, 3.63) is 30.3 Å². The Hall–Kier alpha value is -0.980. The first kappa shape index (κ1) is 11.5. The van der Waals surface area contributed by atoms with Crippen LogP contribution < -0.4 is 4.74 Å². The van der Waals surface area contributed by atoms with Gasteiger partial charge in [-0.15, -0.1) is 0 Å². The quantitative estimate of drug-likeness (QED) is 0.735. The Balaban J connectivity index is 1.82. The molecular formula is C15H22O. The molecule has 1 heteroatoms. The summed E-state index contributed by atoms with van der Waals surface area (Å²) < 4.78 is 5.98. The van der Waals surface area contributed by atoms with E-state index in [4.69, 9.17) is 4.74 Å². The molecule has 0 radical (unpaired) electrons. The number of para-hydroxylation sites is 1. The molecular weight excluding hydrogens is 196 g/mol. The van der Waals surface area contributed by atoms with Crippen LogP contribution in [0.4, 0.5) is 0 Å². The highest BCUT2D eigenvalue weighted by molar-refractivity contribution is 5.21. The largest absolute Gasteiger partial charge is 0.490 e. The Labute approximate surface area is 98.8 Å². The molecule has 16 heavy (non-hydrogen) atoms. The zero-order chi connectivity index (χ0) is 11.4. The van der Waals surface area contributed by atoms with Gasteiger partial charge in [0.25, 0.3) is 0 Å². The third-order valence-corrected chi connectivity index (χ3v) is 3.71. The molecule has 1 nitrogen and oxygen atoms in total. The summed E-state index contributed by atoms with van der Waals surface area (Å²) in [5.41, 5.74) is 0. The molecule has 0 amide bonds. The van der Waals surface area contributed by atoms with Gasteiger partial charge in [0.05, 0.1) is 6.10 Å². The third-order valence-electron chi connectivity index (χ3n) is 3.71. The lowest BCUT2D eigenvalue weighted by Crippen LogP contribution is -2.26. The van der Waals surface area contributed by atoms with Crippen LogP contribution in [0.3, 0.4) is 0 Å². The van der Waals surface area contributed by atoms with Crippen molar-refractivity contribution in [1.29, 1.82) is 0 Å². The maximum absolute atomic E-state index is 5.98. The smallest absolute Gasteiger partial charge is 0.119 e. The molecule has 0 spiro atoms. The van der Waals surface area contributed by atoms with Gasteiger partial charge in [-0.3, -0.25) is 0 Å². The zero-order valence-electron chi connectivity index (χ0n) is 10.4. The van der Waals surface area contributed by atoms with Gasteiger partial charge in [-0.05, 0) is 49.7 Å². The molecule has 0 N–H and O–H groups in total. The standard InChI is InChI=1S/C15H22O/c1-12(2)13-8-10-15(11-9-13)16-14-6-4-3-5-7-14/h3-7,12-13,15H,8-11H2,1-2H3/t13-,15-. The first-order valence-electron chi connectivity index (χ1n) is 6.47. The van der Waals surface area contributed by atoms with E-state index in [1.165, 1.54) is 25.7 Å². The van der Waals surface area contributed by atoms with E-state index in [9.17, 15) is 0 Å². The molecule has 1 saturated carbocycles. The summed E-state index contributed by atoms with van der Waals surface area (Å²) in [6, 6.07) is 10.2. The number of rotatable bonds is 3. The summed E-state index contributed by atoms with van der Waals surface area (Å²) in [4.78, 5) is 0. The topological polar surface area (TPSA) is 9.23 Å². The first-order chi connectivity index (χ1) is 7.75. The van der Waals surface area contributed by atoms with Crippen molar-refractivity contribution < 1.29 is 4.74 Å². The van der Waals surface area contributed by atoms with Crippen molar-refractivity contribution in [3.63, 3.8) is 0 Å². The van der Waals surface area contributed by atoms with Gasteiger partial charge in [0.2, 0.25) is 0 Å². The van der Waals surface area contributed by atoms with E-state index in [0.29, 0.717) is 6.10 Å². The molecule has 1 aromatic carbocycles. The van der Waals surface area contributed by atoms with Gasteiger partial charge < -0.3 is 4.74 Å². The van der Waals surface area contributed by atoms with Crippen LogP contribution in [0.2, 0.25) is 0 Å². The molecule has 0 aliphatic heterocycles.